The van der Waals surface area contributed by atoms with Crippen LogP contribution in [0.25, 0.3) is 55.7 Å². The van der Waals surface area contributed by atoms with Crippen molar-refractivity contribution in [1.82, 2.24) is 9.97 Å². The summed E-state index contributed by atoms with van der Waals surface area (Å²) in [5.74, 6) is 0.160. The lowest BCUT2D eigenvalue weighted by atomic mass is 9.91. The molecule has 0 aliphatic rings. The molecule has 0 bridgehead atoms. The molecule has 1 aromatic heterocycles. The highest BCUT2D eigenvalue weighted by Gasteiger charge is 2.14. The lowest BCUT2D eigenvalue weighted by Crippen LogP contribution is -2.17. The van der Waals surface area contributed by atoms with Crippen LogP contribution in [-0.4, -0.2) is 15.8 Å². The lowest BCUT2D eigenvalue weighted by molar-refractivity contribution is 1.15. The number of aromatic amines is 1. The summed E-state index contributed by atoms with van der Waals surface area (Å²) in [5, 5.41) is 9.25. The fourth-order valence-electron chi connectivity index (χ4n) is 5.41. The van der Waals surface area contributed by atoms with Crippen molar-refractivity contribution in [3.05, 3.63) is 169 Å². The Morgan fingerprint density at radius 3 is 1.67 bits per heavy atom. The zero-order valence-electron chi connectivity index (χ0n) is 23.4. The van der Waals surface area contributed by atoms with Crippen LogP contribution in [0.5, 0.6) is 0 Å². The molecule has 2 N–H and O–H groups in total. The molecule has 0 unspecified atom stereocenters. The highest BCUT2D eigenvalue weighted by Crippen LogP contribution is 2.34. The van der Waals surface area contributed by atoms with Gasteiger partial charge in [0.25, 0.3) is 0 Å². The van der Waals surface area contributed by atoms with Crippen LogP contribution in [0.1, 0.15) is 5.56 Å². The molecule has 0 fully saturated rings. The van der Waals surface area contributed by atoms with Gasteiger partial charge >= 0.3 is 0 Å². The summed E-state index contributed by atoms with van der Waals surface area (Å²) in [4.78, 5) is 13.3. The Bertz CT molecular complexity index is 2070. The largest absolute Gasteiger partial charge is 0.337 e. The number of benzene rings is 6. The van der Waals surface area contributed by atoms with Gasteiger partial charge in [-0.2, -0.15) is 0 Å². The van der Waals surface area contributed by atoms with Gasteiger partial charge in [-0.15, -0.1) is 0 Å². The number of para-hydroxylation sites is 2. The van der Waals surface area contributed by atoms with E-state index in [0.717, 1.165) is 55.5 Å². The van der Waals surface area contributed by atoms with E-state index >= 15 is 0 Å². The van der Waals surface area contributed by atoms with Crippen molar-refractivity contribution in [3.63, 3.8) is 0 Å². The van der Waals surface area contributed by atoms with Gasteiger partial charge in [0.15, 0.2) is 11.3 Å². The molecule has 0 radical (unpaired) electrons. The van der Waals surface area contributed by atoms with E-state index in [2.05, 4.69) is 77.8 Å². The average Bonchev–Trinajstić information content (AvgIpc) is 3.09. The van der Waals surface area contributed by atoms with Gasteiger partial charge in [0, 0.05) is 11.1 Å². The monoisotopic (exact) mass is 552 g/mol. The maximum Gasteiger partial charge on any atom is 0.159 e. The third kappa shape index (κ3) is 5.42. The van der Waals surface area contributed by atoms with Crippen LogP contribution >= 0.6 is 0 Å². The number of H-pyrrole nitrogens is 1. The van der Waals surface area contributed by atoms with Crippen molar-refractivity contribution in [3.8, 4) is 44.6 Å². The van der Waals surface area contributed by atoms with E-state index in [1.165, 1.54) is 0 Å². The molecule has 0 spiro atoms. The van der Waals surface area contributed by atoms with E-state index in [0.29, 0.717) is 11.2 Å². The van der Waals surface area contributed by atoms with Crippen molar-refractivity contribution >= 4 is 16.9 Å². The number of aromatic nitrogens is 2. The Hall–Kier alpha value is -5.87. The highest BCUT2D eigenvalue weighted by molar-refractivity contribution is 6.04. The van der Waals surface area contributed by atoms with E-state index in [-0.39, 0.29) is 5.84 Å². The minimum Gasteiger partial charge on any atom is -0.337 e. The van der Waals surface area contributed by atoms with Gasteiger partial charge in [0.05, 0.1) is 11.0 Å². The lowest BCUT2D eigenvalue weighted by Gasteiger charge is -2.14. The van der Waals surface area contributed by atoms with Gasteiger partial charge in [-0.05, 0) is 63.7 Å². The molecule has 1 heterocycles. The maximum absolute atomic E-state index is 9.25. The number of hydrogen-bond donors (Lipinski definition) is 2. The molecule has 43 heavy (non-hydrogen) atoms. The summed E-state index contributed by atoms with van der Waals surface area (Å²) in [6.07, 6.45) is 0. The number of rotatable bonds is 5. The second kappa shape index (κ2) is 11.6. The first-order valence-corrected chi connectivity index (χ1v) is 14.3. The summed E-state index contributed by atoms with van der Waals surface area (Å²) in [6, 6.07) is 53.4. The maximum atomic E-state index is 9.25. The Morgan fingerprint density at radius 2 is 1.02 bits per heavy atom. The molecule has 4 nitrogen and oxygen atoms in total. The molecule has 7 rings (SSSR count). The Morgan fingerprint density at radius 1 is 0.512 bits per heavy atom. The standard InChI is InChI=1S/C39H28N4/c40-38(43-39-37(29-18-8-3-9-19-29)41-35-22-12-13-23-36(35)42-39)34-21-11-10-20-33(34)32-25-30(27-14-4-1-5-15-27)24-31(26-32)28-16-6-2-7-17-28/h1-26H,(H2,40,42,43). The zero-order chi connectivity index (χ0) is 29.0. The van der Waals surface area contributed by atoms with Crippen LogP contribution in [0.2, 0.25) is 0 Å². The third-order valence-corrected chi connectivity index (χ3v) is 7.52. The number of fused-ring (bicyclic) bond motifs is 1. The number of amidine groups is 1. The summed E-state index contributed by atoms with van der Waals surface area (Å²) in [7, 11) is 0. The Kier molecular flexibility index (Phi) is 7.00. The smallest absolute Gasteiger partial charge is 0.159 e. The topological polar surface area (TPSA) is 64.9 Å². The van der Waals surface area contributed by atoms with Crippen LogP contribution in [-0.2, 0) is 0 Å². The quantitative estimate of drug-likeness (QED) is 0.162. The fraction of sp³-hybridized carbons (Fsp3) is 0. The molecule has 204 valence electrons. The number of nitrogens with one attached hydrogen (secondary N) is 2. The second-order valence-corrected chi connectivity index (χ2v) is 10.4. The third-order valence-electron chi connectivity index (χ3n) is 7.52. The average molecular weight is 553 g/mol. The fourth-order valence-corrected chi connectivity index (χ4v) is 5.41. The van der Waals surface area contributed by atoms with Crippen LogP contribution in [0.15, 0.2) is 163 Å². The van der Waals surface area contributed by atoms with E-state index in [4.69, 9.17) is 9.98 Å². The first-order valence-electron chi connectivity index (χ1n) is 14.3. The number of nitrogens with zero attached hydrogens (tertiary/aromatic N) is 2. The predicted molar refractivity (Wildman–Crippen MR) is 177 cm³/mol. The van der Waals surface area contributed by atoms with Crippen LogP contribution < -0.4 is 5.49 Å². The molecule has 0 aliphatic heterocycles. The zero-order valence-corrected chi connectivity index (χ0v) is 23.4. The predicted octanol–water partition coefficient (Wildman–Crippen LogP) is 9.16. The Labute approximate surface area is 250 Å². The molecule has 4 heteroatoms. The van der Waals surface area contributed by atoms with Crippen LogP contribution in [0.3, 0.4) is 0 Å². The van der Waals surface area contributed by atoms with E-state index in [1.807, 2.05) is 84.9 Å². The SMILES string of the molecule is N=C(N=c1[nH]c2ccccc2nc1-c1ccccc1)c1ccccc1-c1cc(-c2ccccc2)cc(-c2ccccc2)c1. The van der Waals surface area contributed by atoms with Crippen molar-refractivity contribution in [2.45, 2.75) is 0 Å². The van der Waals surface area contributed by atoms with E-state index in [9.17, 15) is 5.41 Å². The van der Waals surface area contributed by atoms with Crippen molar-refractivity contribution in [2.24, 2.45) is 4.99 Å². The molecule has 0 amide bonds. The first-order chi connectivity index (χ1) is 21.2. The molecule has 0 aliphatic carbocycles. The van der Waals surface area contributed by atoms with Gasteiger partial charge < -0.3 is 4.98 Å². The van der Waals surface area contributed by atoms with Crippen LogP contribution in [0.4, 0.5) is 0 Å². The minimum atomic E-state index is 0.160. The van der Waals surface area contributed by atoms with Gasteiger partial charge in [0.1, 0.15) is 5.69 Å². The van der Waals surface area contributed by atoms with Crippen molar-refractivity contribution < 1.29 is 0 Å². The molecular weight excluding hydrogens is 524 g/mol. The molecular formula is C39H28N4. The molecule has 0 saturated carbocycles. The second-order valence-electron chi connectivity index (χ2n) is 10.4. The highest BCUT2D eigenvalue weighted by atomic mass is 14.9. The van der Waals surface area contributed by atoms with Gasteiger partial charge in [-0.3, -0.25) is 5.41 Å². The molecule has 6 aromatic carbocycles. The molecule has 7 aromatic rings. The molecule has 0 atom stereocenters. The Balaban J connectivity index is 1.40. The number of hydrogen-bond acceptors (Lipinski definition) is 2. The van der Waals surface area contributed by atoms with Crippen LogP contribution in [0, 0.1) is 5.41 Å². The van der Waals surface area contributed by atoms with Gasteiger partial charge in [0.2, 0.25) is 0 Å². The van der Waals surface area contributed by atoms with E-state index < -0.39 is 0 Å². The normalized spacial score (nSPS) is 11.5. The molecule has 0 saturated heterocycles. The minimum absolute atomic E-state index is 0.160. The first kappa shape index (κ1) is 26.1. The summed E-state index contributed by atoms with van der Waals surface area (Å²) in [5.41, 5.74) is 11.1. The van der Waals surface area contributed by atoms with E-state index in [1.54, 1.807) is 0 Å². The summed E-state index contributed by atoms with van der Waals surface area (Å²) >= 11 is 0. The van der Waals surface area contributed by atoms with Crippen molar-refractivity contribution in [1.29, 1.82) is 5.41 Å². The van der Waals surface area contributed by atoms with Crippen molar-refractivity contribution in [2.75, 3.05) is 0 Å². The summed E-state index contributed by atoms with van der Waals surface area (Å²) in [6.45, 7) is 0. The van der Waals surface area contributed by atoms with Gasteiger partial charge in [-0.25, -0.2) is 9.98 Å². The van der Waals surface area contributed by atoms with Gasteiger partial charge in [-0.1, -0.05) is 127 Å². The summed E-state index contributed by atoms with van der Waals surface area (Å²) < 4.78 is 0.